The minimum absolute atomic E-state index is 0.720. The lowest BCUT2D eigenvalue weighted by atomic mass is 10.1. The molecule has 0 bridgehead atoms. The molecule has 0 spiro atoms. The highest BCUT2D eigenvalue weighted by molar-refractivity contribution is 5.66. The molecular formula is C23H19N3O2. The average Bonchev–Trinajstić information content (AvgIpc) is 2.76. The van der Waals surface area contributed by atoms with E-state index in [1.165, 1.54) is 0 Å². The van der Waals surface area contributed by atoms with Gasteiger partial charge < -0.3 is 14.8 Å². The van der Waals surface area contributed by atoms with Gasteiger partial charge in [0.2, 0.25) is 0 Å². The van der Waals surface area contributed by atoms with Crippen LogP contribution < -0.4 is 14.8 Å². The monoisotopic (exact) mass is 369 g/mol. The highest BCUT2D eigenvalue weighted by Gasteiger charge is 2.04. The maximum atomic E-state index is 5.82. The van der Waals surface area contributed by atoms with E-state index < -0.39 is 0 Å². The number of anilines is 2. The Morgan fingerprint density at radius 1 is 0.714 bits per heavy atom. The number of benzene rings is 3. The number of hydrogen-bond acceptors (Lipinski definition) is 5. The molecule has 5 nitrogen and oxygen atoms in total. The van der Waals surface area contributed by atoms with Crippen molar-refractivity contribution in [1.29, 1.82) is 0 Å². The summed E-state index contributed by atoms with van der Waals surface area (Å²) in [6.07, 6.45) is 1.55. The molecule has 28 heavy (non-hydrogen) atoms. The number of ether oxygens (including phenoxy) is 2. The first-order valence-corrected chi connectivity index (χ1v) is 8.87. The zero-order chi connectivity index (χ0) is 19.2. The topological polar surface area (TPSA) is 56.3 Å². The lowest BCUT2D eigenvalue weighted by Gasteiger charge is -2.09. The Morgan fingerprint density at radius 2 is 1.39 bits per heavy atom. The van der Waals surface area contributed by atoms with Gasteiger partial charge >= 0.3 is 0 Å². The lowest BCUT2D eigenvalue weighted by molar-refractivity contribution is 0.415. The fraction of sp³-hybridized carbons (Fsp3) is 0.0435. The quantitative estimate of drug-likeness (QED) is 0.473. The van der Waals surface area contributed by atoms with Crippen LogP contribution in [0.4, 0.5) is 11.5 Å². The van der Waals surface area contributed by atoms with Crippen molar-refractivity contribution >= 4 is 11.5 Å². The fourth-order valence-corrected chi connectivity index (χ4v) is 2.72. The Balaban J connectivity index is 1.46. The van der Waals surface area contributed by atoms with Crippen LogP contribution in [-0.2, 0) is 0 Å². The van der Waals surface area contributed by atoms with E-state index in [0.29, 0.717) is 0 Å². The van der Waals surface area contributed by atoms with Crippen molar-refractivity contribution in [2.45, 2.75) is 0 Å². The average molecular weight is 369 g/mol. The predicted molar refractivity (Wildman–Crippen MR) is 110 cm³/mol. The molecule has 5 heteroatoms. The first kappa shape index (κ1) is 17.5. The Kier molecular flexibility index (Phi) is 5.15. The van der Waals surface area contributed by atoms with Crippen molar-refractivity contribution in [1.82, 2.24) is 9.97 Å². The van der Waals surface area contributed by atoms with E-state index in [-0.39, 0.29) is 0 Å². The van der Waals surface area contributed by atoms with E-state index in [4.69, 9.17) is 9.47 Å². The van der Waals surface area contributed by atoms with Crippen molar-refractivity contribution in [2.24, 2.45) is 0 Å². The molecule has 0 radical (unpaired) electrons. The molecule has 4 rings (SSSR count). The third-order valence-corrected chi connectivity index (χ3v) is 4.16. The molecular weight excluding hydrogens is 350 g/mol. The zero-order valence-corrected chi connectivity index (χ0v) is 15.4. The van der Waals surface area contributed by atoms with Crippen molar-refractivity contribution in [2.75, 3.05) is 12.4 Å². The van der Waals surface area contributed by atoms with E-state index in [1.807, 2.05) is 84.9 Å². The third kappa shape index (κ3) is 4.27. The highest BCUT2D eigenvalue weighted by Crippen LogP contribution is 2.26. The fourth-order valence-electron chi connectivity index (χ4n) is 2.72. The van der Waals surface area contributed by atoms with Gasteiger partial charge in [0.15, 0.2) is 0 Å². The lowest BCUT2D eigenvalue weighted by Crippen LogP contribution is -1.95. The van der Waals surface area contributed by atoms with Gasteiger partial charge in [0.1, 0.15) is 29.4 Å². The molecule has 0 saturated heterocycles. The summed E-state index contributed by atoms with van der Waals surface area (Å²) in [5, 5.41) is 3.30. The van der Waals surface area contributed by atoms with E-state index in [1.54, 1.807) is 13.4 Å². The summed E-state index contributed by atoms with van der Waals surface area (Å²) in [4.78, 5) is 8.66. The van der Waals surface area contributed by atoms with Crippen LogP contribution in [0.3, 0.4) is 0 Å². The summed E-state index contributed by atoms with van der Waals surface area (Å²) >= 11 is 0. The number of hydrogen-bond donors (Lipinski definition) is 1. The van der Waals surface area contributed by atoms with Gasteiger partial charge in [-0.3, -0.25) is 0 Å². The van der Waals surface area contributed by atoms with Gasteiger partial charge in [0.05, 0.1) is 12.8 Å². The highest BCUT2D eigenvalue weighted by atomic mass is 16.5. The molecule has 0 aliphatic carbocycles. The molecule has 0 atom stereocenters. The Morgan fingerprint density at radius 3 is 2.11 bits per heavy atom. The summed E-state index contributed by atoms with van der Waals surface area (Å²) in [5.41, 5.74) is 2.75. The van der Waals surface area contributed by atoms with Gasteiger partial charge in [-0.25, -0.2) is 9.97 Å². The van der Waals surface area contributed by atoms with Crippen molar-refractivity contribution < 1.29 is 9.47 Å². The summed E-state index contributed by atoms with van der Waals surface area (Å²) in [6.45, 7) is 0. The van der Waals surface area contributed by atoms with Crippen molar-refractivity contribution in [3.63, 3.8) is 0 Å². The van der Waals surface area contributed by atoms with Gasteiger partial charge in [-0.15, -0.1) is 0 Å². The van der Waals surface area contributed by atoms with Gasteiger partial charge in [-0.05, 0) is 60.7 Å². The van der Waals surface area contributed by atoms with E-state index in [0.717, 1.165) is 40.0 Å². The second kappa shape index (κ2) is 8.22. The minimum atomic E-state index is 0.720. The van der Waals surface area contributed by atoms with Gasteiger partial charge in [-0.2, -0.15) is 0 Å². The van der Waals surface area contributed by atoms with E-state index in [9.17, 15) is 0 Å². The maximum absolute atomic E-state index is 5.82. The molecule has 0 saturated carbocycles. The zero-order valence-electron chi connectivity index (χ0n) is 15.4. The third-order valence-electron chi connectivity index (χ3n) is 4.16. The molecule has 0 fully saturated rings. The van der Waals surface area contributed by atoms with E-state index >= 15 is 0 Å². The maximum Gasteiger partial charge on any atom is 0.134 e. The summed E-state index contributed by atoms with van der Waals surface area (Å²) in [7, 11) is 1.65. The number of nitrogens with one attached hydrogen (secondary N) is 1. The standard InChI is InChI=1S/C23H19N3O2/c1-27-19-11-7-17(8-12-19)22-15-23(25-16-24-22)26-18-9-13-21(14-10-18)28-20-5-3-2-4-6-20/h2-16H,1H3,(H,24,25,26). The predicted octanol–water partition coefficient (Wildman–Crippen LogP) is 5.69. The first-order valence-electron chi connectivity index (χ1n) is 8.87. The van der Waals surface area contributed by atoms with Gasteiger partial charge in [-0.1, -0.05) is 18.2 Å². The van der Waals surface area contributed by atoms with Crippen LogP contribution >= 0.6 is 0 Å². The molecule has 4 aromatic rings. The molecule has 1 aromatic heterocycles. The number of aromatic nitrogens is 2. The van der Waals surface area contributed by atoms with Crippen LogP contribution in [0.5, 0.6) is 17.2 Å². The Hall–Kier alpha value is -3.86. The Bertz CT molecular complexity index is 1030. The summed E-state index contributed by atoms with van der Waals surface area (Å²) < 4.78 is 11.0. The minimum Gasteiger partial charge on any atom is -0.497 e. The largest absolute Gasteiger partial charge is 0.497 e. The van der Waals surface area contributed by atoms with Crippen LogP contribution in [0.25, 0.3) is 11.3 Å². The molecule has 0 aliphatic heterocycles. The normalized spacial score (nSPS) is 10.3. The van der Waals surface area contributed by atoms with Crippen LogP contribution in [0, 0.1) is 0 Å². The molecule has 0 unspecified atom stereocenters. The van der Waals surface area contributed by atoms with Crippen LogP contribution in [0.2, 0.25) is 0 Å². The summed E-state index contributed by atoms with van der Waals surface area (Å²) in [6, 6.07) is 27.1. The molecule has 1 heterocycles. The van der Waals surface area contributed by atoms with Crippen LogP contribution in [0.15, 0.2) is 91.3 Å². The smallest absolute Gasteiger partial charge is 0.134 e. The first-order chi connectivity index (χ1) is 13.8. The van der Waals surface area contributed by atoms with Crippen molar-refractivity contribution in [3.05, 3.63) is 91.3 Å². The second-order valence-electron chi connectivity index (χ2n) is 6.08. The molecule has 3 aromatic carbocycles. The number of methoxy groups -OCH3 is 1. The van der Waals surface area contributed by atoms with Crippen LogP contribution in [0.1, 0.15) is 0 Å². The number of para-hydroxylation sites is 1. The van der Waals surface area contributed by atoms with Gasteiger partial charge in [0, 0.05) is 17.3 Å². The van der Waals surface area contributed by atoms with Crippen LogP contribution in [-0.4, -0.2) is 17.1 Å². The molecule has 138 valence electrons. The second-order valence-corrected chi connectivity index (χ2v) is 6.08. The van der Waals surface area contributed by atoms with E-state index in [2.05, 4.69) is 15.3 Å². The number of rotatable bonds is 6. The SMILES string of the molecule is COc1ccc(-c2cc(Nc3ccc(Oc4ccccc4)cc3)ncn2)cc1. The number of nitrogens with zero attached hydrogens (tertiary/aromatic N) is 2. The Labute approximate surface area is 163 Å². The van der Waals surface area contributed by atoms with Crippen molar-refractivity contribution in [3.8, 4) is 28.5 Å². The molecule has 1 N–H and O–H groups in total. The summed E-state index contributed by atoms with van der Waals surface area (Å²) in [5.74, 6) is 3.12. The van der Waals surface area contributed by atoms with Gasteiger partial charge in [0.25, 0.3) is 0 Å². The molecule has 0 amide bonds. The molecule has 0 aliphatic rings.